The second kappa shape index (κ2) is 12.5. The van der Waals surface area contributed by atoms with Crippen LogP contribution in [0.4, 0.5) is 22.8 Å². The Balaban J connectivity index is 1.22. The van der Waals surface area contributed by atoms with E-state index in [1.54, 1.807) is 30.5 Å². The van der Waals surface area contributed by atoms with Crippen molar-refractivity contribution in [2.24, 2.45) is 5.92 Å². The van der Waals surface area contributed by atoms with Crippen molar-refractivity contribution >= 4 is 57.6 Å². The van der Waals surface area contributed by atoms with Crippen molar-refractivity contribution in [2.45, 2.75) is 70.8 Å². The summed E-state index contributed by atoms with van der Waals surface area (Å²) in [6.07, 6.45) is 1.19. The van der Waals surface area contributed by atoms with Crippen molar-refractivity contribution in [3.8, 4) is 0 Å². The highest BCUT2D eigenvalue weighted by atomic mass is 35.5. The third-order valence-electron chi connectivity index (χ3n) is 7.54. The molecule has 0 bridgehead atoms. The summed E-state index contributed by atoms with van der Waals surface area (Å²) in [6.45, 7) is 5.64. The molecular formula is C31H32ClF3N4O4S. The molecule has 8 nitrogen and oxygen atoms in total. The van der Waals surface area contributed by atoms with Crippen LogP contribution in [0.25, 0.3) is 17.0 Å². The van der Waals surface area contributed by atoms with Gasteiger partial charge in [-0.1, -0.05) is 23.7 Å². The van der Waals surface area contributed by atoms with Gasteiger partial charge in [0.2, 0.25) is 0 Å². The van der Waals surface area contributed by atoms with Gasteiger partial charge in [0, 0.05) is 23.0 Å². The van der Waals surface area contributed by atoms with Crippen molar-refractivity contribution in [1.82, 2.24) is 20.0 Å². The first-order valence-electron chi connectivity index (χ1n) is 14.2. The number of alkyl halides is 3. The van der Waals surface area contributed by atoms with E-state index in [1.165, 1.54) is 21.7 Å². The van der Waals surface area contributed by atoms with E-state index in [0.29, 0.717) is 27.9 Å². The summed E-state index contributed by atoms with van der Waals surface area (Å²) in [7, 11) is 0. The number of benzene rings is 2. The Bertz CT molecular complexity index is 1620. The summed E-state index contributed by atoms with van der Waals surface area (Å²) >= 11 is 6.69. The van der Waals surface area contributed by atoms with Gasteiger partial charge in [-0.2, -0.15) is 18.3 Å². The second-order valence-corrected chi connectivity index (χ2v) is 13.5. The number of carbonyl (C=O) groups excluding carboxylic acids is 3. The summed E-state index contributed by atoms with van der Waals surface area (Å²) < 4.78 is 47.5. The maximum absolute atomic E-state index is 13.6. The Morgan fingerprint density at radius 1 is 1.11 bits per heavy atom. The van der Waals surface area contributed by atoms with Gasteiger partial charge in [-0.25, -0.2) is 4.79 Å². The number of ether oxygens (including phenoxy) is 1. The Hall–Kier alpha value is -3.51. The van der Waals surface area contributed by atoms with Gasteiger partial charge in [-0.15, -0.1) is 0 Å². The van der Waals surface area contributed by atoms with E-state index in [0.717, 1.165) is 43.5 Å². The van der Waals surface area contributed by atoms with Gasteiger partial charge in [-0.3, -0.25) is 19.2 Å². The number of hydrogen-bond donors (Lipinski definition) is 1. The SMILES string of the molecule is CC(C)(C)OC(=O)NC1CCC(CN2C(=O)S/C(=C/c3ccc4c(cnn4Cc4ccc(Cl)cc4C(F)(F)F)c3)C2=O)CC1. The number of halogens is 4. The number of aromatic nitrogens is 2. The van der Waals surface area contributed by atoms with Crippen molar-refractivity contribution in [2.75, 3.05) is 6.54 Å². The molecule has 1 aromatic heterocycles. The average Bonchev–Trinajstić information content (AvgIpc) is 3.44. The van der Waals surface area contributed by atoms with Gasteiger partial charge >= 0.3 is 12.3 Å². The lowest BCUT2D eigenvalue weighted by molar-refractivity contribution is -0.138. The quantitative estimate of drug-likeness (QED) is 0.273. The highest BCUT2D eigenvalue weighted by Gasteiger charge is 2.37. The number of alkyl carbamates (subject to hydrolysis) is 1. The Kier molecular flexibility index (Phi) is 9.04. The molecule has 2 aliphatic rings. The molecule has 13 heteroatoms. The Morgan fingerprint density at radius 2 is 1.84 bits per heavy atom. The molecule has 1 N–H and O–H groups in total. The van der Waals surface area contributed by atoms with Crippen LogP contribution < -0.4 is 5.32 Å². The molecule has 44 heavy (non-hydrogen) atoms. The van der Waals surface area contributed by atoms with Crippen molar-refractivity contribution in [1.29, 1.82) is 0 Å². The third kappa shape index (κ3) is 7.58. The molecule has 1 aliphatic heterocycles. The molecule has 3 aromatic rings. The van der Waals surface area contributed by atoms with Crippen LogP contribution in [0.1, 0.15) is 63.1 Å². The highest BCUT2D eigenvalue weighted by molar-refractivity contribution is 8.18. The van der Waals surface area contributed by atoms with Gasteiger partial charge in [-0.05, 0) is 106 Å². The summed E-state index contributed by atoms with van der Waals surface area (Å²) in [5, 5.41) is 7.53. The largest absolute Gasteiger partial charge is 0.444 e. The number of thioether (sulfide) groups is 1. The maximum atomic E-state index is 13.6. The minimum absolute atomic E-state index is 0.000396. The Labute approximate surface area is 261 Å². The molecular weight excluding hydrogens is 617 g/mol. The zero-order valence-corrected chi connectivity index (χ0v) is 26.0. The number of nitrogens with one attached hydrogen (secondary N) is 1. The molecule has 3 amide bonds. The highest BCUT2D eigenvalue weighted by Crippen LogP contribution is 2.36. The normalized spacial score (nSPS) is 20.5. The number of imide groups is 1. The van der Waals surface area contributed by atoms with Gasteiger partial charge in [0.25, 0.3) is 11.1 Å². The fourth-order valence-electron chi connectivity index (χ4n) is 5.46. The summed E-state index contributed by atoms with van der Waals surface area (Å²) in [6, 6.07) is 8.90. The molecule has 0 unspecified atom stereocenters. The van der Waals surface area contributed by atoms with Crippen LogP contribution in [0.3, 0.4) is 0 Å². The van der Waals surface area contributed by atoms with Crippen molar-refractivity contribution in [3.63, 3.8) is 0 Å². The van der Waals surface area contributed by atoms with Gasteiger partial charge in [0.15, 0.2) is 0 Å². The average molecular weight is 649 g/mol. The zero-order chi connectivity index (χ0) is 31.8. The zero-order valence-electron chi connectivity index (χ0n) is 24.4. The van der Waals surface area contributed by atoms with Gasteiger partial charge < -0.3 is 10.1 Å². The first kappa shape index (κ1) is 31.9. The second-order valence-electron chi connectivity index (χ2n) is 12.1. The molecule has 1 aliphatic carbocycles. The molecule has 2 fully saturated rings. The predicted octanol–water partition coefficient (Wildman–Crippen LogP) is 7.88. The standard InChI is InChI=1S/C31H32ClF3N4O4S/c1-30(2,3)43-28(41)37-23-9-4-18(5-10-23)16-38-27(40)26(44-29(38)42)13-19-6-11-25-21(12-19)15-36-39(25)17-20-7-8-22(32)14-24(20)31(33,34)35/h6-8,11-15,18,23H,4-5,9-10,16-17H2,1-3H3,(H,37,41)/b26-13+. The lowest BCUT2D eigenvalue weighted by Gasteiger charge is -2.31. The number of fused-ring (bicyclic) bond motifs is 1. The first-order chi connectivity index (χ1) is 20.7. The van der Waals surface area contributed by atoms with E-state index in [-0.39, 0.29) is 40.2 Å². The van der Waals surface area contributed by atoms with Crippen LogP contribution in [-0.2, 0) is 22.3 Å². The molecule has 234 valence electrons. The summed E-state index contributed by atoms with van der Waals surface area (Å²) in [5.41, 5.74) is -0.0610. The number of rotatable bonds is 6. The van der Waals surface area contributed by atoms with E-state index in [2.05, 4.69) is 10.4 Å². The lowest BCUT2D eigenvalue weighted by Crippen LogP contribution is -2.42. The number of amides is 3. The van der Waals surface area contributed by atoms with Crippen molar-refractivity contribution in [3.05, 3.63) is 69.2 Å². The molecule has 5 rings (SSSR count). The monoisotopic (exact) mass is 648 g/mol. The van der Waals surface area contributed by atoms with E-state index in [4.69, 9.17) is 16.3 Å². The molecule has 0 spiro atoms. The van der Waals surface area contributed by atoms with Crippen LogP contribution in [0.5, 0.6) is 0 Å². The lowest BCUT2D eigenvalue weighted by atomic mass is 9.86. The van der Waals surface area contributed by atoms with E-state index in [1.807, 2.05) is 20.8 Å². The summed E-state index contributed by atoms with van der Waals surface area (Å²) in [5.74, 6) is -0.215. The topological polar surface area (TPSA) is 93.5 Å². The number of nitrogens with zero attached hydrogens (tertiary/aromatic N) is 3. The van der Waals surface area contributed by atoms with Crippen LogP contribution in [0.2, 0.25) is 5.02 Å². The van der Waals surface area contributed by atoms with Crippen LogP contribution >= 0.6 is 23.4 Å². The van der Waals surface area contributed by atoms with E-state index >= 15 is 0 Å². The molecule has 2 aromatic carbocycles. The number of carbonyl (C=O) groups is 3. The predicted molar refractivity (Wildman–Crippen MR) is 163 cm³/mol. The van der Waals surface area contributed by atoms with E-state index in [9.17, 15) is 27.6 Å². The minimum atomic E-state index is -4.56. The van der Waals surface area contributed by atoms with Crippen molar-refractivity contribution < 1.29 is 32.3 Å². The van der Waals surface area contributed by atoms with Crippen LogP contribution in [0, 0.1) is 5.92 Å². The van der Waals surface area contributed by atoms with Gasteiger partial charge in [0.05, 0.1) is 28.7 Å². The maximum Gasteiger partial charge on any atom is 0.416 e. The summed E-state index contributed by atoms with van der Waals surface area (Å²) in [4.78, 5) is 39.6. The molecule has 2 heterocycles. The number of hydrogen-bond acceptors (Lipinski definition) is 6. The molecule has 1 saturated heterocycles. The van der Waals surface area contributed by atoms with Crippen LogP contribution in [0.15, 0.2) is 47.5 Å². The molecule has 1 saturated carbocycles. The molecule has 0 atom stereocenters. The van der Waals surface area contributed by atoms with Gasteiger partial charge in [0.1, 0.15) is 5.60 Å². The van der Waals surface area contributed by atoms with E-state index < -0.39 is 23.4 Å². The minimum Gasteiger partial charge on any atom is -0.444 e. The fraction of sp³-hybridized carbons (Fsp3) is 0.419. The molecule has 0 radical (unpaired) electrons. The smallest absolute Gasteiger partial charge is 0.416 e. The third-order valence-corrected chi connectivity index (χ3v) is 8.69. The fourth-order valence-corrected chi connectivity index (χ4v) is 6.48. The Morgan fingerprint density at radius 3 is 2.52 bits per heavy atom. The first-order valence-corrected chi connectivity index (χ1v) is 15.4. The van der Waals surface area contributed by atoms with Crippen LogP contribution in [-0.4, -0.2) is 50.1 Å².